The molecule has 2 nitrogen and oxygen atoms in total. The van der Waals surface area contributed by atoms with Gasteiger partial charge in [-0.1, -0.05) is 34.1 Å². The lowest BCUT2D eigenvalue weighted by Gasteiger charge is -2.32. The van der Waals surface area contributed by atoms with E-state index in [2.05, 4.69) is 57.3 Å². The van der Waals surface area contributed by atoms with Gasteiger partial charge in [-0.15, -0.1) is 0 Å². The molecule has 0 spiro atoms. The minimum Gasteiger partial charge on any atom is -0.313 e. The fraction of sp³-hybridized carbons (Fsp3) is 0.625. The summed E-state index contributed by atoms with van der Waals surface area (Å²) in [4.78, 5) is 2.71. The van der Waals surface area contributed by atoms with Gasteiger partial charge in [-0.25, -0.2) is 0 Å². The number of halogens is 1. The van der Waals surface area contributed by atoms with E-state index in [1.165, 1.54) is 48.8 Å². The van der Waals surface area contributed by atoms with Crippen molar-refractivity contribution in [2.45, 2.75) is 50.7 Å². The minimum absolute atomic E-state index is 0.505. The molecule has 2 unspecified atom stereocenters. The summed E-state index contributed by atoms with van der Waals surface area (Å²) in [6, 6.07) is 10.7. The van der Waals surface area contributed by atoms with Gasteiger partial charge in [0, 0.05) is 29.1 Å². The minimum atomic E-state index is 0.505. The van der Waals surface area contributed by atoms with Crippen LogP contribution in [0.15, 0.2) is 28.7 Å². The zero-order chi connectivity index (χ0) is 13.2. The molecule has 1 saturated carbocycles. The second-order valence-electron chi connectivity index (χ2n) is 5.92. The third-order valence-corrected chi connectivity index (χ3v) is 5.18. The maximum Gasteiger partial charge on any atom is 0.0334 e. The van der Waals surface area contributed by atoms with E-state index in [0.29, 0.717) is 12.1 Å². The number of nitrogens with zero attached hydrogens (tertiary/aromatic N) is 1. The quantitative estimate of drug-likeness (QED) is 0.888. The zero-order valence-corrected chi connectivity index (χ0v) is 13.2. The summed E-state index contributed by atoms with van der Waals surface area (Å²) in [5.41, 5.74) is 1.42. The number of benzene rings is 1. The van der Waals surface area contributed by atoms with Crippen LogP contribution in [0, 0.1) is 0 Å². The maximum atomic E-state index is 3.71. The van der Waals surface area contributed by atoms with Crippen molar-refractivity contribution in [3.63, 3.8) is 0 Å². The monoisotopic (exact) mass is 322 g/mol. The second-order valence-corrected chi connectivity index (χ2v) is 6.77. The van der Waals surface area contributed by atoms with Crippen LogP contribution in [0.2, 0.25) is 0 Å². The molecule has 0 bridgehead atoms. The molecule has 2 atom stereocenters. The fourth-order valence-corrected chi connectivity index (χ4v) is 3.81. The van der Waals surface area contributed by atoms with Gasteiger partial charge < -0.3 is 5.32 Å². The molecule has 3 rings (SSSR count). The average Bonchev–Trinajstić information content (AvgIpc) is 3.13. The van der Waals surface area contributed by atoms with E-state index in [1.807, 2.05) is 0 Å². The van der Waals surface area contributed by atoms with Crippen molar-refractivity contribution < 1.29 is 0 Å². The first-order chi connectivity index (χ1) is 9.25. The molecule has 1 saturated heterocycles. The SMILES string of the molecule is CC(c1ccccc1Br)N(CC1CCCN1)C1CC1. The zero-order valence-electron chi connectivity index (χ0n) is 11.6. The molecule has 1 heterocycles. The average molecular weight is 323 g/mol. The van der Waals surface area contributed by atoms with E-state index in [-0.39, 0.29) is 0 Å². The van der Waals surface area contributed by atoms with Crippen LogP contribution in [0.5, 0.6) is 0 Å². The third-order valence-electron chi connectivity index (χ3n) is 4.46. The van der Waals surface area contributed by atoms with Crippen LogP contribution in [0.25, 0.3) is 0 Å². The van der Waals surface area contributed by atoms with Crippen LogP contribution in [-0.4, -0.2) is 30.1 Å². The molecule has 2 aliphatic rings. The van der Waals surface area contributed by atoms with Gasteiger partial charge in [0.05, 0.1) is 0 Å². The fourth-order valence-electron chi connectivity index (χ4n) is 3.19. The summed E-state index contributed by atoms with van der Waals surface area (Å²) in [5, 5.41) is 3.64. The summed E-state index contributed by atoms with van der Waals surface area (Å²) in [7, 11) is 0. The highest BCUT2D eigenvalue weighted by molar-refractivity contribution is 9.10. The summed E-state index contributed by atoms with van der Waals surface area (Å²) in [5.74, 6) is 0. The second kappa shape index (κ2) is 5.94. The van der Waals surface area contributed by atoms with Crippen LogP contribution in [0.4, 0.5) is 0 Å². The Kier molecular flexibility index (Phi) is 4.25. The summed E-state index contributed by atoms with van der Waals surface area (Å²) < 4.78 is 1.24. The van der Waals surface area contributed by atoms with Crippen LogP contribution >= 0.6 is 15.9 Å². The van der Waals surface area contributed by atoms with Crippen molar-refractivity contribution in [3.05, 3.63) is 34.3 Å². The molecule has 0 aromatic heterocycles. The van der Waals surface area contributed by atoms with Crippen molar-refractivity contribution >= 4 is 15.9 Å². The Morgan fingerprint density at radius 1 is 1.32 bits per heavy atom. The number of rotatable bonds is 5. The Morgan fingerprint density at radius 3 is 2.74 bits per heavy atom. The molecular weight excluding hydrogens is 300 g/mol. The van der Waals surface area contributed by atoms with Crippen LogP contribution < -0.4 is 5.32 Å². The van der Waals surface area contributed by atoms with Gasteiger partial charge in [0.2, 0.25) is 0 Å². The van der Waals surface area contributed by atoms with Crippen LogP contribution in [-0.2, 0) is 0 Å². The highest BCUT2D eigenvalue weighted by Crippen LogP contribution is 2.36. The van der Waals surface area contributed by atoms with Gasteiger partial charge in [-0.05, 0) is 50.8 Å². The number of hydrogen-bond acceptors (Lipinski definition) is 2. The molecule has 1 N–H and O–H groups in total. The van der Waals surface area contributed by atoms with E-state index in [9.17, 15) is 0 Å². The molecule has 1 aromatic rings. The predicted molar refractivity (Wildman–Crippen MR) is 83.3 cm³/mol. The molecule has 19 heavy (non-hydrogen) atoms. The predicted octanol–water partition coefficient (Wildman–Crippen LogP) is 3.73. The Balaban J connectivity index is 1.73. The molecule has 104 valence electrons. The standard InChI is InChI=1S/C16H23BrN2/c1-12(15-6-2-3-7-16(15)17)19(14-8-9-14)11-13-5-4-10-18-13/h2-3,6-7,12-14,18H,4-5,8-11H2,1H3. The van der Waals surface area contributed by atoms with Crippen molar-refractivity contribution in [2.24, 2.45) is 0 Å². The van der Waals surface area contributed by atoms with E-state index >= 15 is 0 Å². The van der Waals surface area contributed by atoms with Crippen molar-refractivity contribution in [1.29, 1.82) is 0 Å². The first-order valence-corrected chi connectivity index (χ1v) is 8.28. The summed E-state index contributed by atoms with van der Waals surface area (Å²) in [6.45, 7) is 4.76. The van der Waals surface area contributed by atoms with E-state index in [1.54, 1.807) is 0 Å². The van der Waals surface area contributed by atoms with Crippen molar-refractivity contribution in [2.75, 3.05) is 13.1 Å². The summed E-state index contributed by atoms with van der Waals surface area (Å²) in [6.07, 6.45) is 5.43. The lowest BCUT2D eigenvalue weighted by molar-refractivity contribution is 0.181. The largest absolute Gasteiger partial charge is 0.313 e. The van der Waals surface area contributed by atoms with Crippen molar-refractivity contribution in [1.82, 2.24) is 10.2 Å². The molecule has 0 radical (unpaired) electrons. The first-order valence-electron chi connectivity index (χ1n) is 7.49. The Labute approximate surface area is 124 Å². The summed E-state index contributed by atoms with van der Waals surface area (Å²) >= 11 is 3.71. The molecule has 1 aliphatic carbocycles. The highest BCUT2D eigenvalue weighted by Gasteiger charge is 2.35. The molecule has 2 fully saturated rings. The van der Waals surface area contributed by atoms with E-state index in [0.717, 1.165) is 6.04 Å². The first kappa shape index (κ1) is 13.6. The van der Waals surface area contributed by atoms with E-state index < -0.39 is 0 Å². The Bertz CT molecular complexity index is 425. The van der Waals surface area contributed by atoms with Gasteiger partial charge >= 0.3 is 0 Å². The van der Waals surface area contributed by atoms with Crippen LogP contribution in [0.3, 0.4) is 0 Å². The van der Waals surface area contributed by atoms with Gasteiger partial charge in [-0.2, -0.15) is 0 Å². The smallest absolute Gasteiger partial charge is 0.0334 e. The third kappa shape index (κ3) is 3.21. The molecule has 1 aliphatic heterocycles. The lowest BCUT2D eigenvalue weighted by Crippen LogP contribution is -2.40. The van der Waals surface area contributed by atoms with Crippen molar-refractivity contribution in [3.8, 4) is 0 Å². The Morgan fingerprint density at radius 2 is 2.11 bits per heavy atom. The van der Waals surface area contributed by atoms with Gasteiger partial charge in [-0.3, -0.25) is 4.90 Å². The van der Waals surface area contributed by atoms with Gasteiger partial charge in [0.1, 0.15) is 0 Å². The molecule has 1 aromatic carbocycles. The maximum absolute atomic E-state index is 3.71. The van der Waals surface area contributed by atoms with E-state index in [4.69, 9.17) is 0 Å². The molecule has 3 heteroatoms. The lowest BCUT2D eigenvalue weighted by atomic mass is 10.1. The highest BCUT2D eigenvalue weighted by atomic mass is 79.9. The molecule has 0 amide bonds. The molecular formula is C16H23BrN2. The normalized spacial score (nSPS) is 24.9. The Hall–Kier alpha value is -0.380. The number of nitrogens with one attached hydrogen (secondary N) is 1. The van der Waals surface area contributed by atoms with Crippen LogP contribution in [0.1, 0.15) is 44.2 Å². The topological polar surface area (TPSA) is 15.3 Å². The van der Waals surface area contributed by atoms with Gasteiger partial charge in [0.25, 0.3) is 0 Å². The number of hydrogen-bond donors (Lipinski definition) is 1. The van der Waals surface area contributed by atoms with Gasteiger partial charge in [0.15, 0.2) is 0 Å².